The van der Waals surface area contributed by atoms with Crippen molar-refractivity contribution in [2.45, 2.75) is 23.8 Å². The van der Waals surface area contributed by atoms with Gasteiger partial charge in [0.2, 0.25) is 10.0 Å². The lowest BCUT2D eigenvalue weighted by molar-refractivity contribution is -0.154. The molecule has 0 atom stereocenters. The smallest absolute Gasteiger partial charge is 0.422 e. The van der Waals surface area contributed by atoms with Crippen LogP contribution in [0.15, 0.2) is 41.3 Å². The van der Waals surface area contributed by atoms with Crippen molar-refractivity contribution >= 4 is 21.6 Å². The highest BCUT2D eigenvalue weighted by molar-refractivity contribution is 7.89. The molecule has 0 aliphatic heterocycles. The molecule has 14 heteroatoms. The summed E-state index contributed by atoms with van der Waals surface area (Å²) in [5, 5.41) is -0.126. The van der Waals surface area contributed by atoms with Crippen LogP contribution in [0.25, 0.3) is 0 Å². The molecule has 0 spiro atoms. The van der Waals surface area contributed by atoms with Gasteiger partial charge in [0.25, 0.3) is 0 Å². The van der Waals surface area contributed by atoms with Gasteiger partial charge in [0.05, 0.1) is 0 Å². The van der Waals surface area contributed by atoms with Gasteiger partial charge in [-0.05, 0) is 24.3 Å². The predicted octanol–water partition coefficient (Wildman–Crippen LogP) is 4.84. The molecule has 0 fully saturated rings. The molecule has 0 aliphatic rings. The summed E-state index contributed by atoms with van der Waals surface area (Å²) >= 11 is 5.79. The van der Waals surface area contributed by atoms with Gasteiger partial charge in [-0.15, -0.1) is 0 Å². The first kappa shape index (κ1) is 25.0. The summed E-state index contributed by atoms with van der Waals surface area (Å²) in [6, 6.07) is 5.62. The van der Waals surface area contributed by atoms with Gasteiger partial charge >= 0.3 is 12.4 Å². The second-order valence-corrected chi connectivity index (χ2v) is 8.08. The van der Waals surface area contributed by atoms with Crippen LogP contribution in [0.1, 0.15) is 5.56 Å². The van der Waals surface area contributed by atoms with Crippen LogP contribution in [-0.4, -0.2) is 34.0 Å². The maximum atomic E-state index is 13.8. The van der Waals surface area contributed by atoms with E-state index in [2.05, 4.69) is 9.47 Å². The molecule has 0 amide bonds. The number of benzene rings is 2. The highest BCUT2D eigenvalue weighted by Crippen LogP contribution is 2.31. The Kier molecular flexibility index (Phi) is 7.66. The Bertz CT molecular complexity index is 1010. The predicted molar refractivity (Wildman–Crippen MR) is 95.0 cm³/mol. The molecular formula is C17H13ClF7NO4S. The van der Waals surface area contributed by atoms with Crippen LogP contribution in [0.4, 0.5) is 30.7 Å². The molecule has 0 bridgehead atoms. The first-order chi connectivity index (χ1) is 14.2. The molecule has 2 aromatic rings. The zero-order valence-electron chi connectivity index (χ0n) is 15.2. The van der Waals surface area contributed by atoms with E-state index in [1.54, 1.807) is 0 Å². The standard InChI is InChI=1S/C17H13ClF7NO4S/c18-12-2-1-3-13(19)11(12)7-26-31(27,28)15-6-10(29-8-16(20,21)22)4-5-14(15)30-9-17(23,24)25/h1-6,26H,7-9H2. The monoisotopic (exact) mass is 495 g/mol. The lowest BCUT2D eigenvalue weighted by atomic mass is 10.2. The molecule has 2 aromatic carbocycles. The van der Waals surface area contributed by atoms with E-state index in [9.17, 15) is 39.2 Å². The van der Waals surface area contributed by atoms with Crippen LogP contribution < -0.4 is 14.2 Å². The van der Waals surface area contributed by atoms with Crippen LogP contribution in [-0.2, 0) is 16.6 Å². The van der Waals surface area contributed by atoms with Crippen LogP contribution >= 0.6 is 11.6 Å². The molecule has 31 heavy (non-hydrogen) atoms. The minimum Gasteiger partial charge on any atom is -0.484 e. The Balaban J connectivity index is 2.35. The van der Waals surface area contributed by atoms with E-state index in [1.165, 1.54) is 12.1 Å². The number of ether oxygens (including phenoxy) is 2. The van der Waals surface area contributed by atoms with E-state index in [0.29, 0.717) is 12.1 Å². The fourth-order valence-electron chi connectivity index (χ4n) is 2.18. The minimum absolute atomic E-state index is 0.126. The molecule has 0 unspecified atom stereocenters. The first-order valence-corrected chi connectivity index (χ1v) is 10.00. The summed E-state index contributed by atoms with van der Waals surface area (Å²) in [7, 11) is -4.70. The first-order valence-electron chi connectivity index (χ1n) is 8.14. The lowest BCUT2D eigenvalue weighted by Crippen LogP contribution is -2.26. The van der Waals surface area contributed by atoms with Crippen LogP contribution in [0.5, 0.6) is 11.5 Å². The second-order valence-electron chi connectivity index (χ2n) is 5.94. The Morgan fingerprint density at radius 2 is 1.55 bits per heavy atom. The number of sulfonamides is 1. The minimum atomic E-state index is -4.82. The van der Waals surface area contributed by atoms with E-state index in [1.807, 2.05) is 4.72 Å². The van der Waals surface area contributed by atoms with Gasteiger partial charge in [-0.2, -0.15) is 26.3 Å². The largest absolute Gasteiger partial charge is 0.484 e. The van der Waals surface area contributed by atoms with E-state index >= 15 is 0 Å². The zero-order valence-corrected chi connectivity index (χ0v) is 16.7. The number of rotatable bonds is 8. The van der Waals surface area contributed by atoms with Crippen molar-refractivity contribution in [2.75, 3.05) is 13.2 Å². The molecule has 0 radical (unpaired) electrons. The van der Waals surface area contributed by atoms with Crippen molar-refractivity contribution in [1.29, 1.82) is 0 Å². The Morgan fingerprint density at radius 1 is 0.935 bits per heavy atom. The second kappa shape index (κ2) is 9.49. The average Bonchev–Trinajstić information content (AvgIpc) is 2.63. The summed E-state index contributed by atoms with van der Waals surface area (Å²) in [6.07, 6.45) is -9.56. The SMILES string of the molecule is O=S(=O)(NCc1c(F)cccc1Cl)c1cc(OCC(F)(F)F)ccc1OCC(F)(F)F. The van der Waals surface area contributed by atoms with Gasteiger partial charge in [0, 0.05) is 23.2 Å². The third-order valence-corrected chi connectivity index (χ3v) is 5.28. The number of nitrogens with one attached hydrogen (secondary N) is 1. The van der Waals surface area contributed by atoms with Crippen molar-refractivity contribution in [2.24, 2.45) is 0 Å². The van der Waals surface area contributed by atoms with Gasteiger partial charge in [-0.3, -0.25) is 0 Å². The number of halogens is 8. The van der Waals surface area contributed by atoms with E-state index in [0.717, 1.165) is 12.1 Å². The molecule has 1 N–H and O–H groups in total. The summed E-state index contributed by atoms with van der Waals surface area (Å²) in [4.78, 5) is -0.941. The van der Waals surface area contributed by atoms with Gasteiger partial charge in [0.1, 0.15) is 22.2 Å². The summed E-state index contributed by atoms with van der Waals surface area (Å²) in [6.45, 7) is -4.33. The lowest BCUT2D eigenvalue weighted by Gasteiger charge is -2.16. The van der Waals surface area contributed by atoms with Gasteiger partial charge in [0.15, 0.2) is 13.2 Å². The van der Waals surface area contributed by atoms with Gasteiger partial charge < -0.3 is 9.47 Å². The molecule has 0 saturated carbocycles. The highest BCUT2D eigenvalue weighted by Gasteiger charge is 2.31. The maximum absolute atomic E-state index is 13.8. The molecule has 0 heterocycles. The van der Waals surface area contributed by atoms with Crippen molar-refractivity contribution in [3.8, 4) is 11.5 Å². The Morgan fingerprint density at radius 3 is 2.13 bits per heavy atom. The third kappa shape index (κ3) is 7.74. The van der Waals surface area contributed by atoms with Gasteiger partial charge in [-0.25, -0.2) is 17.5 Å². The fourth-order valence-corrected chi connectivity index (χ4v) is 3.56. The maximum Gasteiger partial charge on any atom is 0.422 e. The number of hydrogen-bond acceptors (Lipinski definition) is 4. The topological polar surface area (TPSA) is 64.6 Å². The highest BCUT2D eigenvalue weighted by atomic mass is 35.5. The summed E-state index contributed by atoms with van der Waals surface area (Å²) in [5.74, 6) is -2.25. The number of hydrogen-bond donors (Lipinski definition) is 1. The van der Waals surface area contributed by atoms with E-state index in [-0.39, 0.29) is 10.6 Å². The summed E-state index contributed by atoms with van der Waals surface area (Å²) < 4.78 is 124. The van der Waals surface area contributed by atoms with Crippen molar-refractivity contribution in [3.05, 3.63) is 52.8 Å². The van der Waals surface area contributed by atoms with Crippen LogP contribution in [0.3, 0.4) is 0 Å². The molecule has 2 rings (SSSR count). The van der Waals surface area contributed by atoms with Gasteiger partial charge in [-0.1, -0.05) is 17.7 Å². The average molecular weight is 496 g/mol. The number of alkyl halides is 6. The molecule has 0 aliphatic carbocycles. The van der Waals surface area contributed by atoms with Crippen molar-refractivity contribution in [3.63, 3.8) is 0 Å². The van der Waals surface area contributed by atoms with Crippen LogP contribution in [0.2, 0.25) is 5.02 Å². The van der Waals surface area contributed by atoms with E-state index in [4.69, 9.17) is 11.6 Å². The summed E-state index contributed by atoms with van der Waals surface area (Å²) in [5.41, 5.74) is -0.255. The normalized spacial score (nSPS) is 12.6. The van der Waals surface area contributed by atoms with Crippen molar-refractivity contribution in [1.82, 2.24) is 4.72 Å². The Labute approximate surface area is 176 Å². The Hall–Kier alpha value is -2.25. The van der Waals surface area contributed by atoms with Crippen molar-refractivity contribution < 1.29 is 48.6 Å². The van der Waals surface area contributed by atoms with E-state index < -0.39 is 64.3 Å². The molecule has 5 nitrogen and oxygen atoms in total. The molecule has 0 aromatic heterocycles. The molecule has 0 saturated heterocycles. The molecule has 172 valence electrons. The molecular weight excluding hydrogens is 483 g/mol. The fraction of sp³-hybridized carbons (Fsp3) is 0.294. The third-order valence-electron chi connectivity index (χ3n) is 3.50. The quantitative estimate of drug-likeness (QED) is 0.532. The van der Waals surface area contributed by atoms with Crippen LogP contribution in [0, 0.1) is 5.82 Å². The zero-order chi connectivity index (χ0) is 23.4.